The summed E-state index contributed by atoms with van der Waals surface area (Å²) in [6.07, 6.45) is 4.06. The first kappa shape index (κ1) is 17.6. The first-order valence-corrected chi connectivity index (χ1v) is 10.3. The van der Waals surface area contributed by atoms with Crippen LogP contribution < -0.4 is 0 Å². The molecule has 0 spiro atoms. The first-order valence-electron chi connectivity index (χ1n) is 9.42. The molecule has 2 aliphatic carbocycles. The second-order valence-electron chi connectivity index (χ2n) is 8.63. The Labute approximate surface area is 154 Å². The molecule has 3 nitrogen and oxygen atoms in total. The van der Waals surface area contributed by atoms with Crippen LogP contribution in [-0.2, 0) is 14.3 Å². The van der Waals surface area contributed by atoms with Crippen molar-refractivity contribution in [3.8, 4) is 0 Å². The van der Waals surface area contributed by atoms with Crippen LogP contribution >= 0.6 is 11.8 Å². The maximum absolute atomic E-state index is 12.8. The van der Waals surface area contributed by atoms with Gasteiger partial charge in [0.25, 0.3) is 0 Å². The summed E-state index contributed by atoms with van der Waals surface area (Å²) in [5, 5.41) is 0.0640. The Morgan fingerprint density at radius 1 is 1.16 bits per heavy atom. The molecule has 0 radical (unpaired) electrons. The van der Waals surface area contributed by atoms with E-state index < -0.39 is 5.79 Å². The van der Waals surface area contributed by atoms with Gasteiger partial charge in [0.05, 0.1) is 18.0 Å². The fourth-order valence-electron chi connectivity index (χ4n) is 5.04. The van der Waals surface area contributed by atoms with E-state index in [-0.39, 0.29) is 16.8 Å². The molecule has 0 aromatic heterocycles. The highest BCUT2D eigenvalue weighted by molar-refractivity contribution is 8.00. The van der Waals surface area contributed by atoms with E-state index in [1.807, 2.05) is 32.0 Å². The maximum Gasteiger partial charge on any atom is 0.163 e. The number of ketones is 1. The van der Waals surface area contributed by atoms with Gasteiger partial charge >= 0.3 is 0 Å². The lowest BCUT2D eigenvalue weighted by Crippen LogP contribution is -2.57. The molecule has 25 heavy (non-hydrogen) atoms. The number of carbonyl (C=O) groups is 1. The number of thioether (sulfide) groups is 1. The minimum atomic E-state index is -0.475. The SMILES string of the molecule is CC1(C)OC[C@H]2[C@H](CC[C@@]3(C)CC(=O)C(Sc4ccccc4)C[C@H]23)O1. The summed E-state index contributed by atoms with van der Waals surface area (Å²) in [6.45, 7) is 7.09. The van der Waals surface area contributed by atoms with Crippen LogP contribution in [0.4, 0.5) is 0 Å². The van der Waals surface area contributed by atoms with Gasteiger partial charge in [-0.3, -0.25) is 4.79 Å². The highest BCUT2D eigenvalue weighted by Gasteiger charge is 2.54. The number of Topliss-reactive ketones (excluding diaryl/α,β-unsaturated/α-hetero) is 1. The van der Waals surface area contributed by atoms with E-state index in [0.717, 1.165) is 25.9 Å². The van der Waals surface area contributed by atoms with E-state index in [1.165, 1.54) is 4.90 Å². The molecule has 1 unspecified atom stereocenters. The summed E-state index contributed by atoms with van der Waals surface area (Å²) < 4.78 is 12.2. The van der Waals surface area contributed by atoms with Crippen molar-refractivity contribution in [2.75, 3.05) is 6.61 Å². The second-order valence-corrected chi connectivity index (χ2v) is 9.90. The van der Waals surface area contributed by atoms with Crippen LogP contribution in [0.2, 0.25) is 0 Å². The van der Waals surface area contributed by atoms with Crippen LogP contribution in [0, 0.1) is 17.3 Å². The Bertz CT molecular complexity index is 644. The molecule has 1 aromatic rings. The molecule has 3 aliphatic rings. The standard InChI is InChI=1S/C21H28O3S/c1-20(2)23-13-15-16-11-19(25-14-7-5-4-6-8-14)17(22)12-21(16,3)10-9-18(15)24-20/h4-8,15-16,18-19H,9-13H2,1-3H3/t15-,16-,18+,19?,21+/m1/s1. The van der Waals surface area contributed by atoms with Crippen LogP contribution in [0.15, 0.2) is 35.2 Å². The molecule has 0 N–H and O–H groups in total. The fourth-order valence-corrected chi connectivity index (χ4v) is 6.20. The van der Waals surface area contributed by atoms with Crippen LogP contribution in [0.3, 0.4) is 0 Å². The zero-order valence-electron chi connectivity index (χ0n) is 15.4. The molecule has 1 heterocycles. The van der Waals surface area contributed by atoms with E-state index in [1.54, 1.807) is 11.8 Å². The molecular formula is C21H28O3S. The number of hydrogen-bond donors (Lipinski definition) is 0. The van der Waals surface area contributed by atoms with Crippen molar-refractivity contribution in [3.05, 3.63) is 30.3 Å². The molecule has 1 aliphatic heterocycles. The quantitative estimate of drug-likeness (QED) is 0.766. The van der Waals surface area contributed by atoms with Crippen molar-refractivity contribution in [2.24, 2.45) is 17.3 Å². The number of rotatable bonds is 2. The summed E-state index contributed by atoms with van der Waals surface area (Å²) in [5.74, 6) is 0.862. The zero-order chi connectivity index (χ0) is 17.7. The molecule has 3 fully saturated rings. The minimum Gasteiger partial charge on any atom is -0.350 e. The molecule has 1 saturated heterocycles. The van der Waals surface area contributed by atoms with Crippen LogP contribution in [0.5, 0.6) is 0 Å². The lowest BCUT2D eigenvalue weighted by Gasteiger charge is -2.56. The van der Waals surface area contributed by atoms with Gasteiger partial charge in [-0.25, -0.2) is 0 Å². The predicted molar refractivity (Wildman–Crippen MR) is 99.6 cm³/mol. The largest absolute Gasteiger partial charge is 0.350 e. The monoisotopic (exact) mass is 360 g/mol. The number of carbonyl (C=O) groups excluding carboxylic acids is 1. The fraction of sp³-hybridized carbons (Fsp3) is 0.667. The third-order valence-electron chi connectivity index (χ3n) is 6.37. The van der Waals surface area contributed by atoms with Gasteiger partial charge in [0, 0.05) is 17.2 Å². The Morgan fingerprint density at radius 3 is 2.68 bits per heavy atom. The van der Waals surface area contributed by atoms with Crippen molar-refractivity contribution in [1.29, 1.82) is 0 Å². The molecular weight excluding hydrogens is 332 g/mol. The van der Waals surface area contributed by atoms with E-state index in [4.69, 9.17) is 9.47 Å². The number of ether oxygens (including phenoxy) is 2. The molecule has 136 valence electrons. The average Bonchev–Trinajstić information content (AvgIpc) is 2.56. The number of benzene rings is 1. The summed E-state index contributed by atoms with van der Waals surface area (Å²) >= 11 is 1.74. The van der Waals surface area contributed by atoms with Crippen molar-refractivity contribution < 1.29 is 14.3 Å². The zero-order valence-corrected chi connectivity index (χ0v) is 16.2. The molecule has 5 atom stereocenters. The molecule has 0 amide bonds. The van der Waals surface area contributed by atoms with Crippen molar-refractivity contribution in [1.82, 2.24) is 0 Å². The van der Waals surface area contributed by atoms with Gasteiger partial charge in [0.1, 0.15) is 5.78 Å². The maximum atomic E-state index is 12.8. The van der Waals surface area contributed by atoms with Gasteiger partial charge in [-0.2, -0.15) is 0 Å². The van der Waals surface area contributed by atoms with Crippen molar-refractivity contribution in [2.45, 2.75) is 68.5 Å². The summed E-state index contributed by atoms with van der Waals surface area (Å²) in [6, 6.07) is 10.3. The van der Waals surface area contributed by atoms with Gasteiger partial charge in [-0.05, 0) is 56.6 Å². The topological polar surface area (TPSA) is 35.5 Å². The van der Waals surface area contributed by atoms with Gasteiger partial charge in [0.2, 0.25) is 0 Å². The average molecular weight is 361 g/mol. The van der Waals surface area contributed by atoms with E-state index >= 15 is 0 Å². The van der Waals surface area contributed by atoms with Crippen molar-refractivity contribution >= 4 is 17.5 Å². The third kappa shape index (κ3) is 3.41. The molecule has 4 heteroatoms. The molecule has 0 bridgehead atoms. The van der Waals surface area contributed by atoms with Crippen LogP contribution in [0.1, 0.15) is 46.5 Å². The first-order chi connectivity index (χ1) is 11.9. The van der Waals surface area contributed by atoms with Crippen LogP contribution in [-0.4, -0.2) is 29.5 Å². The molecule has 1 aromatic carbocycles. The number of hydrogen-bond acceptors (Lipinski definition) is 4. The predicted octanol–water partition coefficient (Wildman–Crippen LogP) is 4.69. The number of fused-ring (bicyclic) bond motifs is 3. The van der Waals surface area contributed by atoms with Gasteiger partial charge in [-0.1, -0.05) is 25.1 Å². The molecule has 4 rings (SSSR count). The van der Waals surface area contributed by atoms with Gasteiger partial charge < -0.3 is 9.47 Å². The second kappa shape index (κ2) is 6.40. The Hall–Kier alpha value is -0.840. The van der Waals surface area contributed by atoms with Gasteiger partial charge in [0.15, 0.2) is 5.79 Å². The van der Waals surface area contributed by atoms with Crippen LogP contribution in [0.25, 0.3) is 0 Å². The third-order valence-corrected chi connectivity index (χ3v) is 7.66. The highest BCUT2D eigenvalue weighted by atomic mass is 32.2. The van der Waals surface area contributed by atoms with E-state index in [2.05, 4.69) is 19.1 Å². The molecule has 2 saturated carbocycles. The van der Waals surface area contributed by atoms with Gasteiger partial charge in [-0.15, -0.1) is 11.8 Å². The lowest BCUT2D eigenvalue weighted by molar-refractivity contribution is -0.314. The van der Waals surface area contributed by atoms with E-state index in [9.17, 15) is 4.79 Å². The minimum absolute atomic E-state index is 0.0640. The Morgan fingerprint density at radius 2 is 1.92 bits per heavy atom. The van der Waals surface area contributed by atoms with Crippen molar-refractivity contribution in [3.63, 3.8) is 0 Å². The lowest BCUT2D eigenvalue weighted by atomic mass is 9.55. The smallest absolute Gasteiger partial charge is 0.163 e. The summed E-state index contributed by atoms with van der Waals surface area (Å²) in [4.78, 5) is 14.0. The Balaban J connectivity index is 1.54. The van der Waals surface area contributed by atoms with E-state index in [0.29, 0.717) is 24.0 Å². The highest BCUT2D eigenvalue weighted by Crippen LogP contribution is 2.55. The summed E-state index contributed by atoms with van der Waals surface area (Å²) in [7, 11) is 0. The Kier molecular flexibility index (Phi) is 4.50. The summed E-state index contributed by atoms with van der Waals surface area (Å²) in [5.41, 5.74) is 0.111. The normalized spacial score (nSPS) is 40.2.